The summed E-state index contributed by atoms with van der Waals surface area (Å²) < 4.78 is 0. The molecule has 0 aromatic heterocycles. The second-order valence-electron chi connectivity index (χ2n) is 5.31. The van der Waals surface area contributed by atoms with Crippen molar-refractivity contribution in [3.63, 3.8) is 0 Å². The Morgan fingerprint density at radius 2 is 1.90 bits per heavy atom. The van der Waals surface area contributed by atoms with Crippen molar-refractivity contribution >= 4 is 6.03 Å². The molecule has 5 nitrogen and oxygen atoms in total. The minimum absolute atomic E-state index is 0.409. The molecule has 2 unspecified atom stereocenters. The average Bonchev–Trinajstić information content (AvgIpc) is 2.46. The predicted molar refractivity (Wildman–Crippen MR) is 78.1 cm³/mol. The van der Waals surface area contributed by atoms with E-state index in [1.54, 1.807) is 0 Å². The number of carbonyl (C=O) groups excluding carboxylic acids is 1. The summed E-state index contributed by atoms with van der Waals surface area (Å²) in [5.74, 6) is 0. The highest BCUT2D eigenvalue weighted by Crippen LogP contribution is 2.15. The van der Waals surface area contributed by atoms with Gasteiger partial charge in [0, 0.05) is 19.5 Å². The van der Waals surface area contributed by atoms with Crippen LogP contribution in [-0.4, -0.2) is 41.4 Å². The molecule has 0 radical (unpaired) electrons. The number of primary amides is 1. The van der Waals surface area contributed by atoms with E-state index in [0.29, 0.717) is 6.42 Å². The topological polar surface area (TPSA) is 78.6 Å². The first-order valence-corrected chi connectivity index (χ1v) is 7.19. The molecule has 110 valence electrons. The number of nitrogens with one attached hydrogen (secondary N) is 1. The molecule has 20 heavy (non-hydrogen) atoms. The number of urea groups is 1. The maximum absolute atomic E-state index is 11.2. The molecule has 0 bridgehead atoms. The van der Waals surface area contributed by atoms with E-state index in [1.165, 1.54) is 6.42 Å². The van der Waals surface area contributed by atoms with E-state index in [4.69, 9.17) is 5.73 Å². The van der Waals surface area contributed by atoms with E-state index in [2.05, 4.69) is 10.2 Å². The molecule has 0 saturated carbocycles. The molecule has 1 aromatic rings. The lowest BCUT2D eigenvalue weighted by Crippen LogP contribution is -2.57. The van der Waals surface area contributed by atoms with Crippen LogP contribution in [-0.2, 0) is 6.42 Å². The van der Waals surface area contributed by atoms with Crippen LogP contribution in [0.5, 0.6) is 0 Å². The number of carbonyl (C=O) groups is 1. The van der Waals surface area contributed by atoms with Crippen LogP contribution < -0.4 is 11.1 Å². The third-order valence-corrected chi connectivity index (χ3v) is 3.73. The van der Waals surface area contributed by atoms with Gasteiger partial charge >= 0.3 is 6.03 Å². The molecule has 1 aromatic carbocycles. The summed E-state index contributed by atoms with van der Waals surface area (Å²) in [6, 6.07) is 9.19. The molecule has 4 N–H and O–H groups in total. The number of hydrogen-bond acceptors (Lipinski definition) is 3. The molecule has 1 heterocycles. The average molecular weight is 277 g/mol. The normalized spacial score (nSPS) is 19.2. The highest BCUT2D eigenvalue weighted by Gasteiger charge is 2.28. The predicted octanol–water partition coefficient (Wildman–Crippen LogP) is 1.07. The molecule has 1 saturated heterocycles. The van der Waals surface area contributed by atoms with E-state index >= 15 is 0 Å². The second-order valence-corrected chi connectivity index (χ2v) is 5.31. The fourth-order valence-corrected chi connectivity index (χ4v) is 2.74. The highest BCUT2D eigenvalue weighted by atomic mass is 16.3. The highest BCUT2D eigenvalue weighted by molar-refractivity contribution is 5.72. The van der Waals surface area contributed by atoms with Crippen LogP contribution in [0.3, 0.4) is 0 Å². The van der Waals surface area contributed by atoms with Crippen LogP contribution in [0, 0.1) is 0 Å². The van der Waals surface area contributed by atoms with E-state index in [1.807, 2.05) is 30.3 Å². The van der Waals surface area contributed by atoms with Crippen LogP contribution in [0.25, 0.3) is 0 Å². The van der Waals surface area contributed by atoms with Crippen LogP contribution in [0.1, 0.15) is 24.8 Å². The summed E-state index contributed by atoms with van der Waals surface area (Å²) in [5.41, 5.74) is 6.29. The van der Waals surface area contributed by atoms with Gasteiger partial charge in [0.05, 0.1) is 6.10 Å². The van der Waals surface area contributed by atoms with Crippen molar-refractivity contribution < 1.29 is 9.90 Å². The Morgan fingerprint density at radius 3 is 2.50 bits per heavy atom. The van der Waals surface area contributed by atoms with E-state index in [-0.39, 0.29) is 0 Å². The molecule has 0 aliphatic carbocycles. The lowest BCUT2D eigenvalue weighted by Gasteiger charge is -2.37. The Labute approximate surface area is 119 Å². The Bertz CT molecular complexity index is 418. The number of rotatable bonds is 5. The van der Waals surface area contributed by atoms with E-state index < -0.39 is 18.3 Å². The van der Waals surface area contributed by atoms with Gasteiger partial charge in [0.1, 0.15) is 6.17 Å². The van der Waals surface area contributed by atoms with Crippen LogP contribution in [0.4, 0.5) is 4.79 Å². The van der Waals surface area contributed by atoms with Crippen molar-refractivity contribution in [1.82, 2.24) is 10.2 Å². The van der Waals surface area contributed by atoms with Gasteiger partial charge in [-0.3, -0.25) is 4.90 Å². The van der Waals surface area contributed by atoms with Gasteiger partial charge in [0.25, 0.3) is 0 Å². The van der Waals surface area contributed by atoms with Crippen molar-refractivity contribution in [1.29, 1.82) is 0 Å². The zero-order valence-corrected chi connectivity index (χ0v) is 11.7. The molecular weight excluding hydrogens is 254 g/mol. The number of hydrogen-bond donors (Lipinski definition) is 3. The number of aliphatic hydroxyl groups is 1. The van der Waals surface area contributed by atoms with Gasteiger partial charge < -0.3 is 16.2 Å². The Kier molecular flexibility index (Phi) is 5.38. The second kappa shape index (κ2) is 7.26. The number of piperidine rings is 1. The monoisotopic (exact) mass is 277 g/mol. The summed E-state index contributed by atoms with van der Waals surface area (Å²) in [7, 11) is 0. The summed E-state index contributed by atoms with van der Waals surface area (Å²) in [6.07, 6.45) is 2.82. The minimum atomic E-state index is -0.664. The molecule has 2 amide bonds. The minimum Gasteiger partial charge on any atom is -0.389 e. The lowest BCUT2D eigenvalue weighted by molar-refractivity contribution is 0.0264. The maximum atomic E-state index is 11.2. The largest absolute Gasteiger partial charge is 0.389 e. The van der Waals surface area contributed by atoms with Gasteiger partial charge in [0.2, 0.25) is 0 Å². The summed E-state index contributed by atoms with van der Waals surface area (Å²) in [6.45, 7) is 1.77. The quantitative estimate of drug-likeness (QED) is 0.753. The smallest absolute Gasteiger partial charge is 0.313 e. The zero-order valence-electron chi connectivity index (χ0n) is 11.7. The molecule has 1 aliphatic heterocycles. The van der Waals surface area contributed by atoms with Gasteiger partial charge in [-0.2, -0.15) is 0 Å². The molecule has 2 atom stereocenters. The molecule has 2 rings (SSSR count). The standard InChI is InChI=1S/C15H23N3O2/c16-15(20)17-14(18-9-5-2-6-10-18)13(19)11-12-7-3-1-4-8-12/h1,3-4,7-8,13-14,19H,2,5-6,9-11H2,(H3,16,17,20). The van der Waals surface area contributed by atoms with Crippen molar-refractivity contribution in [2.75, 3.05) is 13.1 Å². The Morgan fingerprint density at radius 1 is 1.25 bits per heavy atom. The summed E-state index contributed by atoms with van der Waals surface area (Å²) in [4.78, 5) is 13.3. The SMILES string of the molecule is NC(=O)NC(C(O)Cc1ccccc1)N1CCCCC1. The Hall–Kier alpha value is -1.59. The molecule has 1 fully saturated rings. The van der Waals surface area contributed by atoms with Gasteiger partial charge in [-0.25, -0.2) is 4.79 Å². The van der Waals surface area contributed by atoms with Crippen LogP contribution >= 0.6 is 0 Å². The number of aliphatic hydroxyl groups excluding tert-OH is 1. The van der Waals surface area contributed by atoms with Gasteiger partial charge in [0.15, 0.2) is 0 Å². The number of benzene rings is 1. The number of likely N-dealkylation sites (tertiary alicyclic amines) is 1. The molecule has 0 spiro atoms. The molecular formula is C15H23N3O2. The fourth-order valence-electron chi connectivity index (χ4n) is 2.74. The third kappa shape index (κ3) is 4.21. The number of nitrogens with zero attached hydrogens (tertiary/aromatic N) is 1. The molecule has 5 heteroatoms. The van der Waals surface area contributed by atoms with E-state index in [9.17, 15) is 9.90 Å². The third-order valence-electron chi connectivity index (χ3n) is 3.73. The van der Waals surface area contributed by atoms with Crippen molar-refractivity contribution in [2.45, 2.75) is 38.0 Å². The fraction of sp³-hybridized carbons (Fsp3) is 0.533. The van der Waals surface area contributed by atoms with E-state index in [0.717, 1.165) is 31.5 Å². The van der Waals surface area contributed by atoms with Crippen LogP contribution in [0.2, 0.25) is 0 Å². The van der Waals surface area contributed by atoms with Crippen molar-refractivity contribution in [3.8, 4) is 0 Å². The maximum Gasteiger partial charge on any atom is 0.313 e. The zero-order chi connectivity index (χ0) is 14.4. The van der Waals surface area contributed by atoms with Gasteiger partial charge in [-0.1, -0.05) is 36.8 Å². The van der Waals surface area contributed by atoms with Gasteiger partial charge in [-0.15, -0.1) is 0 Å². The first kappa shape index (κ1) is 14.8. The summed E-state index contributed by atoms with van der Waals surface area (Å²) >= 11 is 0. The number of amides is 2. The lowest BCUT2D eigenvalue weighted by atomic mass is 10.0. The summed E-state index contributed by atoms with van der Waals surface area (Å²) in [5, 5.41) is 13.1. The van der Waals surface area contributed by atoms with Crippen molar-refractivity contribution in [3.05, 3.63) is 35.9 Å². The van der Waals surface area contributed by atoms with Crippen LogP contribution in [0.15, 0.2) is 30.3 Å². The van der Waals surface area contributed by atoms with Crippen molar-refractivity contribution in [2.24, 2.45) is 5.73 Å². The number of nitrogens with two attached hydrogens (primary N) is 1. The van der Waals surface area contributed by atoms with Gasteiger partial charge in [-0.05, 0) is 18.4 Å². The first-order valence-electron chi connectivity index (χ1n) is 7.19. The first-order chi connectivity index (χ1) is 9.66. The molecule has 1 aliphatic rings. The Balaban J connectivity index is 2.02.